The van der Waals surface area contributed by atoms with Gasteiger partial charge in [-0.1, -0.05) is 0 Å². The van der Waals surface area contributed by atoms with Gasteiger partial charge in [-0.3, -0.25) is 4.79 Å². The molecule has 0 saturated carbocycles. The number of hydrogen-bond donors (Lipinski definition) is 1. The van der Waals surface area contributed by atoms with Crippen LogP contribution >= 0.6 is 0 Å². The predicted octanol–water partition coefficient (Wildman–Crippen LogP) is 0.343. The summed E-state index contributed by atoms with van der Waals surface area (Å²) < 4.78 is 30.6. The molecule has 20 heavy (non-hydrogen) atoms. The van der Waals surface area contributed by atoms with Gasteiger partial charge in [-0.05, 0) is 32.6 Å². The first-order valence-electron chi connectivity index (χ1n) is 7.40. The van der Waals surface area contributed by atoms with E-state index in [9.17, 15) is 13.2 Å². The number of piperidine rings is 1. The Kier molecular flexibility index (Phi) is 5.40. The fourth-order valence-electron chi connectivity index (χ4n) is 2.76. The molecule has 2 atom stereocenters. The second-order valence-corrected chi connectivity index (χ2v) is 7.74. The molecule has 0 aromatic rings. The summed E-state index contributed by atoms with van der Waals surface area (Å²) in [4.78, 5) is 12.1. The Bertz CT molecular complexity index is 432. The molecule has 6 nitrogen and oxygen atoms in total. The highest BCUT2D eigenvalue weighted by molar-refractivity contribution is 7.89. The number of nitrogens with one attached hydrogen (secondary N) is 1. The number of carbonyl (C=O) groups excluding carboxylic acids is 1. The van der Waals surface area contributed by atoms with Crippen molar-refractivity contribution in [1.29, 1.82) is 0 Å². The third kappa shape index (κ3) is 3.93. The minimum atomic E-state index is -3.19. The zero-order chi connectivity index (χ0) is 14.6. The van der Waals surface area contributed by atoms with Gasteiger partial charge in [0.15, 0.2) is 0 Å². The monoisotopic (exact) mass is 304 g/mol. The lowest BCUT2D eigenvalue weighted by atomic mass is 9.99. The third-order valence-corrected chi connectivity index (χ3v) is 5.89. The molecule has 0 unspecified atom stereocenters. The summed E-state index contributed by atoms with van der Waals surface area (Å²) in [5.74, 6) is -0.181. The fourth-order valence-corrected chi connectivity index (χ4v) is 3.94. The molecule has 2 saturated heterocycles. The van der Waals surface area contributed by atoms with Crippen molar-refractivity contribution >= 4 is 15.9 Å². The van der Waals surface area contributed by atoms with Crippen LogP contribution in [0.1, 0.15) is 32.6 Å². The van der Waals surface area contributed by atoms with E-state index in [2.05, 4.69) is 5.32 Å². The average Bonchev–Trinajstić information content (AvgIpc) is 2.98. The van der Waals surface area contributed by atoms with E-state index in [-0.39, 0.29) is 23.7 Å². The number of carbonyl (C=O) groups is 1. The van der Waals surface area contributed by atoms with Gasteiger partial charge in [-0.2, -0.15) is 0 Å². The first kappa shape index (κ1) is 15.7. The van der Waals surface area contributed by atoms with Crippen LogP contribution in [0.15, 0.2) is 0 Å². The van der Waals surface area contributed by atoms with E-state index < -0.39 is 10.0 Å². The molecular formula is C13H24N2O4S. The van der Waals surface area contributed by atoms with E-state index in [0.717, 1.165) is 32.3 Å². The van der Waals surface area contributed by atoms with Crippen LogP contribution in [0, 0.1) is 5.92 Å². The SMILES string of the molecule is CCS(=O)(=O)N1CCC[C@@H](C(=O)NC[C@@H]2CCCO2)C1. The molecule has 0 aromatic heterocycles. The number of nitrogens with zero attached hydrogens (tertiary/aromatic N) is 1. The topological polar surface area (TPSA) is 75.7 Å². The summed E-state index contributed by atoms with van der Waals surface area (Å²) in [5.41, 5.74) is 0. The summed E-state index contributed by atoms with van der Waals surface area (Å²) in [5, 5.41) is 2.90. The van der Waals surface area contributed by atoms with Crippen LogP contribution in [0.3, 0.4) is 0 Å². The molecule has 1 amide bonds. The van der Waals surface area contributed by atoms with Gasteiger partial charge in [-0.25, -0.2) is 12.7 Å². The van der Waals surface area contributed by atoms with Gasteiger partial charge >= 0.3 is 0 Å². The second kappa shape index (κ2) is 6.87. The third-order valence-electron chi connectivity index (χ3n) is 4.04. The molecule has 0 radical (unpaired) electrons. The van der Waals surface area contributed by atoms with E-state index in [0.29, 0.717) is 19.6 Å². The highest BCUT2D eigenvalue weighted by Crippen LogP contribution is 2.20. The molecule has 0 aromatic carbocycles. The second-order valence-electron chi connectivity index (χ2n) is 5.48. The van der Waals surface area contributed by atoms with Gasteiger partial charge in [0.2, 0.25) is 15.9 Å². The van der Waals surface area contributed by atoms with Crippen molar-refractivity contribution in [2.24, 2.45) is 5.92 Å². The van der Waals surface area contributed by atoms with Crippen LogP contribution in [0.25, 0.3) is 0 Å². The van der Waals surface area contributed by atoms with E-state index in [1.165, 1.54) is 4.31 Å². The van der Waals surface area contributed by atoms with Crippen molar-refractivity contribution < 1.29 is 17.9 Å². The highest BCUT2D eigenvalue weighted by atomic mass is 32.2. The Labute approximate surface area is 120 Å². The Balaban J connectivity index is 1.83. The first-order valence-corrected chi connectivity index (χ1v) is 9.01. The maximum absolute atomic E-state index is 12.1. The smallest absolute Gasteiger partial charge is 0.224 e. The van der Waals surface area contributed by atoms with Gasteiger partial charge in [0.05, 0.1) is 17.8 Å². The molecule has 2 aliphatic heterocycles. The number of amides is 1. The van der Waals surface area contributed by atoms with E-state index in [1.54, 1.807) is 6.92 Å². The van der Waals surface area contributed by atoms with Crippen molar-refractivity contribution in [3.05, 3.63) is 0 Å². The van der Waals surface area contributed by atoms with Gasteiger partial charge in [0.1, 0.15) is 0 Å². The van der Waals surface area contributed by atoms with Crippen LogP contribution in [-0.2, 0) is 19.6 Å². The van der Waals surface area contributed by atoms with Crippen molar-refractivity contribution in [2.45, 2.75) is 38.7 Å². The van der Waals surface area contributed by atoms with E-state index >= 15 is 0 Å². The van der Waals surface area contributed by atoms with Gasteiger partial charge in [0.25, 0.3) is 0 Å². The molecule has 0 spiro atoms. The lowest BCUT2D eigenvalue weighted by Gasteiger charge is -2.31. The summed E-state index contributed by atoms with van der Waals surface area (Å²) >= 11 is 0. The lowest BCUT2D eigenvalue weighted by molar-refractivity contribution is -0.126. The molecule has 2 rings (SSSR count). The molecule has 2 fully saturated rings. The molecule has 2 aliphatic rings. The maximum atomic E-state index is 12.1. The zero-order valence-corrected chi connectivity index (χ0v) is 12.8. The highest BCUT2D eigenvalue weighted by Gasteiger charge is 2.31. The molecule has 116 valence electrons. The average molecular weight is 304 g/mol. The number of rotatable bonds is 5. The van der Waals surface area contributed by atoms with Crippen LogP contribution in [0.4, 0.5) is 0 Å². The van der Waals surface area contributed by atoms with Crippen LogP contribution in [0.5, 0.6) is 0 Å². The predicted molar refractivity (Wildman–Crippen MR) is 75.7 cm³/mol. The van der Waals surface area contributed by atoms with Gasteiger partial charge < -0.3 is 10.1 Å². The maximum Gasteiger partial charge on any atom is 0.224 e. The summed E-state index contributed by atoms with van der Waals surface area (Å²) in [6, 6.07) is 0. The Hall–Kier alpha value is -0.660. The van der Waals surface area contributed by atoms with Crippen molar-refractivity contribution in [3.8, 4) is 0 Å². The van der Waals surface area contributed by atoms with Crippen molar-refractivity contribution in [3.63, 3.8) is 0 Å². The Morgan fingerprint density at radius 3 is 2.80 bits per heavy atom. The van der Waals surface area contributed by atoms with Crippen LogP contribution in [0.2, 0.25) is 0 Å². The standard InChI is InChI=1S/C13H24N2O4S/c1-2-20(17,18)15-7-3-5-11(10-15)13(16)14-9-12-6-4-8-19-12/h11-12H,2-10H2,1H3,(H,14,16)/t11-,12+/m1/s1. The molecule has 1 N–H and O–H groups in total. The van der Waals surface area contributed by atoms with Crippen LogP contribution in [-0.4, -0.2) is 56.7 Å². The largest absolute Gasteiger partial charge is 0.376 e. The fraction of sp³-hybridized carbons (Fsp3) is 0.923. The quantitative estimate of drug-likeness (QED) is 0.795. The van der Waals surface area contributed by atoms with E-state index in [1.807, 2.05) is 0 Å². The zero-order valence-electron chi connectivity index (χ0n) is 12.0. The lowest BCUT2D eigenvalue weighted by Crippen LogP contribution is -2.46. The summed E-state index contributed by atoms with van der Waals surface area (Å²) in [6.07, 6.45) is 3.66. The Morgan fingerprint density at radius 2 is 2.15 bits per heavy atom. The summed E-state index contributed by atoms with van der Waals surface area (Å²) in [6.45, 7) is 3.79. The molecule has 0 bridgehead atoms. The molecule has 7 heteroatoms. The number of ether oxygens (including phenoxy) is 1. The van der Waals surface area contributed by atoms with Gasteiger partial charge in [-0.15, -0.1) is 0 Å². The van der Waals surface area contributed by atoms with Crippen molar-refractivity contribution in [2.75, 3.05) is 32.0 Å². The minimum Gasteiger partial charge on any atom is -0.376 e. The first-order chi connectivity index (χ1) is 9.53. The van der Waals surface area contributed by atoms with E-state index in [4.69, 9.17) is 4.74 Å². The minimum absolute atomic E-state index is 0.0449. The molecular weight excluding hydrogens is 280 g/mol. The molecule has 2 heterocycles. The van der Waals surface area contributed by atoms with Crippen molar-refractivity contribution in [1.82, 2.24) is 9.62 Å². The normalized spacial score (nSPS) is 28.4. The van der Waals surface area contributed by atoms with Crippen LogP contribution < -0.4 is 5.32 Å². The summed E-state index contributed by atoms with van der Waals surface area (Å²) in [7, 11) is -3.19. The number of sulfonamides is 1. The number of hydrogen-bond acceptors (Lipinski definition) is 4. The van der Waals surface area contributed by atoms with Gasteiger partial charge in [0, 0.05) is 26.2 Å². The Morgan fingerprint density at radius 1 is 1.35 bits per heavy atom. The molecule has 0 aliphatic carbocycles.